The molecule has 4 aromatic rings. The zero-order valence-electron chi connectivity index (χ0n) is 17.0. The number of methoxy groups -OCH3 is 2. The van der Waals surface area contributed by atoms with Gasteiger partial charge in [0.25, 0.3) is 5.91 Å². The first kappa shape index (κ1) is 19.4. The van der Waals surface area contributed by atoms with Gasteiger partial charge in [0.1, 0.15) is 5.82 Å². The second kappa shape index (κ2) is 8.24. The summed E-state index contributed by atoms with van der Waals surface area (Å²) in [7, 11) is 5.02. The van der Waals surface area contributed by atoms with Crippen molar-refractivity contribution in [1.82, 2.24) is 25.0 Å². The van der Waals surface area contributed by atoms with Gasteiger partial charge in [-0.2, -0.15) is 10.1 Å². The zero-order valence-corrected chi connectivity index (χ0v) is 17.0. The van der Waals surface area contributed by atoms with Crippen LogP contribution >= 0.6 is 0 Å². The summed E-state index contributed by atoms with van der Waals surface area (Å²) in [4.78, 5) is 17.0. The Kier molecular flexibility index (Phi) is 5.34. The van der Waals surface area contributed by atoms with E-state index < -0.39 is 0 Å². The van der Waals surface area contributed by atoms with E-state index in [1.54, 1.807) is 25.9 Å². The van der Waals surface area contributed by atoms with Crippen LogP contribution < -0.4 is 14.8 Å². The Balaban J connectivity index is 1.42. The molecule has 0 saturated heterocycles. The van der Waals surface area contributed by atoms with E-state index in [9.17, 15) is 4.79 Å². The molecule has 2 N–H and O–H groups in total. The standard InChI is InChI=1S/C21H22N6O3/c1-27-15-7-5-4-6-14(15)19(26-27)20(28)23-21-22-18(24-25-21)11-9-13-8-10-16(29-2)17(12-13)30-3/h4-8,10,12H,9,11H2,1-3H3,(H2,22,23,24,25,28). The van der Waals surface area contributed by atoms with Gasteiger partial charge in [-0.15, -0.1) is 5.10 Å². The quantitative estimate of drug-likeness (QED) is 0.489. The molecule has 9 heteroatoms. The molecule has 0 aliphatic heterocycles. The van der Waals surface area contributed by atoms with Crippen LogP contribution in [0.25, 0.3) is 10.9 Å². The first-order valence-electron chi connectivity index (χ1n) is 9.44. The highest BCUT2D eigenvalue weighted by Crippen LogP contribution is 2.28. The zero-order chi connectivity index (χ0) is 21.1. The van der Waals surface area contributed by atoms with Crippen molar-refractivity contribution in [3.63, 3.8) is 0 Å². The van der Waals surface area contributed by atoms with E-state index in [-0.39, 0.29) is 11.9 Å². The van der Waals surface area contributed by atoms with Gasteiger partial charge in [-0.25, -0.2) is 0 Å². The predicted octanol–water partition coefficient (Wildman–Crippen LogP) is 2.75. The van der Waals surface area contributed by atoms with E-state index in [2.05, 4.69) is 25.6 Å². The van der Waals surface area contributed by atoms with Crippen LogP contribution in [0.4, 0.5) is 5.95 Å². The van der Waals surface area contributed by atoms with Crippen molar-refractivity contribution in [2.45, 2.75) is 12.8 Å². The maximum atomic E-state index is 12.7. The molecular formula is C21H22N6O3. The van der Waals surface area contributed by atoms with Crippen molar-refractivity contribution >= 4 is 22.8 Å². The SMILES string of the molecule is COc1ccc(CCc2nc(NC(=O)c3nn(C)c4ccccc34)n[nH]2)cc1OC. The Labute approximate surface area is 173 Å². The fraction of sp³-hybridized carbons (Fsp3) is 0.238. The van der Waals surface area contributed by atoms with Gasteiger partial charge in [-0.3, -0.25) is 19.9 Å². The molecule has 0 aliphatic rings. The number of H-pyrrole nitrogens is 1. The summed E-state index contributed by atoms with van der Waals surface area (Å²) in [5, 5.41) is 14.8. The molecule has 0 saturated carbocycles. The van der Waals surface area contributed by atoms with Crippen molar-refractivity contribution in [3.05, 3.63) is 59.5 Å². The number of nitrogens with one attached hydrogen (secondary N) is 2. The lowest BCUT2D eigenvalue weighted by Crippen LogP contribution is -2.14. The highest BCUT2D eigenvalue weighted by Gasteiger charge is 2.17. The molecule has 1 amide bonds. The number of fused-ring (bicyclic) bond motifs is 1. The van der Waals surface area contributed by atoms with E-state index in [0.717, 1.165) is 22.9 Å². The third-order valence-electron chi connectivity index (χ3n) is 4.83. The first-order chi connectivity index (χ1) is 14.6. The maximum absolute atomic E-state index is 12.7. The molecule has 4 rings (SSSR count). The summed E-state index contributed by atoms with van der Waals surface area (Å²) < 4.78 is 12.3. The number of aryl methyl sites for hydroxylation is 3. The molecule has 0 bridgehead atoms. The first-order valence-corrected chi connectivity index (χ1v) is 9.44. The number of nitrogens with zero attached hydrogens (tertiary/aromatic N) is 4. The van der Waals surface area contributed by atoms with E-state index in [4.69, 9.17) is 9.47 Å². The maximum Gasteiger partial charge on any atom is 0.279 e. The van der Waals surface area contributed by atoms with E-state index in [1.165, 1.54) is 0 Å². The summed E-state index contributed by atoms with van der Waals surface area (Å²) in [6, 6.07) is 13.3. The minimum Gasteiger partial charge on any atom is -0.493 e. The highest BCUT2D eigenvalue weighted by molar-refractivity contribution is 6.10. The molecule has 0 aliphatic carbocycles. The van der Waals surface area contributed by atoms with E-state index in [1.807, 2.05) is 42.5 Å². The van der Waals surface area contributed by atoms with E-state index in [0.29, 0.717) is 29.4 Å². The lowest BCUT2D eigenvalue weighted by Gasteiger charge is -2.09. The number of benzene rings is 2. The molecule has 154 valence electrons. The number of rotatable bonds is 7. The van der Waals surface area contributed by atoms with Crippen LogP contribution in [-0.4, -0.2) is 45.1 Å². The Morgan fingerprint density at radius 2 is 1.90 bits per heavy atom. The van der Waals surface area contributed by atoms with Crippen molar-refractivity contribution in [3.8, 4) is 11.5 Å². The van der Waals surface area contributed by atoms with Crippen LogP contribution in [-0.2, 0) is 19.9 Å². The van der Waals surface area contributed by atoms with Gasteiger partial charge >= 0.3 is 0 Å². The van der Waals surface area contributed by atoms with Gasteiger partial charge in [0.15, 0.2) is 17.2 Å². The summed E-state index contributed by atoms with van der Waals surface area (Å²) in [6.45, 7) is 0. The van der Waals surface area contributed by atoms with Gasteiger partial charge in [-0.1, -0.05) is 24.3 Å². The number of carbonyl (C=O) groups excluding carboxylic acids is 1. The van der Waals surface area contributed by atoms with Crippen molar-refractivity contribution in [2.75, 3.05) is 19.5 Å². The number of carbonyl (C=O) groups is 1. The highest BCUT2D eigenvalue weighted by atomic mass is 16.5. The Bertz CT molecular complexity index is 1200. The van der Waals surface area contributed by atoms with Crippen molar-refractivity contribution in [1.29, 1.82) is 0 Å². The number of anilines is 1. The van der Waals surface area contributed by atoms with E-state index >= 15 is 0 Å². The number of aromatic nitrogens is 5. The molecule has 2 heterocycles. The Hall–Kier alpha value is -3.88. The third-order valence-corrected chi connectivity index (χ3v) is 4.83. The third kappa shape index (κ3) is 3.82. The van der Waals surface area contributed by atoms with Crippen molar-refractivity contribution < 1.29 is 14.3 Å². The van der Waals surface area contributed by atoms with Crippen LogP contribution in [0, 0.1) is 0 Å². The molecule has 0 atom stereocenters. The molecule has 9 nitrogen and oxygen atoms in total. The van der Waals surface area contributed by atoms with Crippen LogP contribution in [0.2, 0.25) is 0 Å². The minimum atomic E-state index is -0.350. The fourth-order valence-corrected chi connectivity index (χ4v) is 3.30. The van der Waals surface area contributed by atoms with Crippen LogP contribution in [0.1, 0.15) is 21.9 Å². The summed E-state index contributed by atoms with van der Waals surface area (Å²) in [5.41, 5.74) is 2.30. The van der Waals surface area contributed by atoms with Crippen molar-refractivity contribution in [2.24, 2.45) is 7.05 Å². The molecule has 0 radical (unpaired) electrons. The predicted molar refractivity (Wildman–Crippen MR) is 112 cm³/mol. The lowest BCUT2D eigenvalue weighted by atomic mass is 10.1. The molecule has 0 unspecified atom stereocenters. The number of hydrogen-bond donors (Lipinski definition) is 2. The smallest absolute Gasteiger partial charge is 0.279 e. The summed E-state index contributed by atoms with van der Waals surface area (Å²) >= 11 is 0. The number of hydrogen-bond acceptors (Lipinski definition) is 6. The lowest BCUT2D eigenvalue weighted by molar-refractivity contribution is 0.102. The Morgan fingerprint density at radius 3 is 2.70 bits per heavy atom. The average molecular weight is 406 g/mol. The monoisotopic (exact) mass is 406 g/mol. The van der Waals surface area contributed by atoms with Gasteiger partial charge in [0.2, 0.25) is 5.95 Å². The molecule has 0 spiro atoms. The van der Waals surface area contributed by atoms with Gasteiger partial charge in [0.05, 0.1) is 19.7 Å². The van der Waals surface area contributed by atoms with Gasteiger partial charge < -0.3 is 9.47 Å². The summed E-state index contributed by atoms with van der Waals surface area (Å²) in [6.07, 6.45) is 1.36. The number of ether oxygens (including phenoxy) is 2. The molecular weight excluding hydrogens is 384 g/mol. The van der Waals surface area contributed by atoms with Gasteiger partial charge in [0, 0.05) is 18.9 Å². The molecule has 0 fully saturated rings. The summed E-state index contributed by atoms with van der Waals surface area (Å²) in [5.74, 6) is 1.91. The minimum absolute atomic E-state index is 0.219. The second-order valence-electron chi connectivity index (χ2n) is 6.74. The topological polar surface area (TPSA) is 107 Å². The van der Waals surface area contributed by atoms with Crippen LogP contribution in [0.3, 0.4) is 0 Å². The van der Waals surface area contributed by atoms with Crippen LogP contribution in [0.5, 0.6) is 11.5 Å². The molecule has 30 heavy (non-hydrogen) atoms. The number of para-hydroxylation sites is 1. The number of amides is 1. The second-order valence-corrected chi connectivity index (χ2v) is 6.74. The molecule has 2 aromatic heterocycles. The fourth-order valence-electron chi connectivity index (χ4n) is 3.30. The molecule has 2 aromatic carbocycles. The normalized spacial score (nSPS) is 10.9. The Morgan fingerprint density at radius 1 is 1.10 bits per heavy atom. The largest absolute Gasteiger partial charge is 0.493 e. The van der Waals surface area contributed by atoms with Crippen LogP contribution in [0.15, 0.2) is 42.5 Å². The van der Waals surface area contributed by atoms with Gasteiger partial charge in [-0.05, 0) is 30.2 Å². The average Bonchev–Trinajstić information content (AvgIpc) is 3.36. The number of aromatic amines is 1.